The molecular weight excluding hydrogens is 641 g/mol. The predicted molar refractivity (Wildman–Crippen MR) is 158 cm³/mol. The van der Waals surface area contributed by atoms with Gasteiger partial charge in [-0.1, -0.05) is 51.4 Å². The average Bonchev–Trinajstić information content (AvgIpc) is 3.78. The first-order chi connectivity index (χ1) is 20.8. The van der Waals surface area contributed by atoms with Crippen molar-refractivity contribution in [2.75, 3.05) is 0 Å². The molecule has 11 heteroatoms. The van der Waals surface area contributed by atoms with Crippen LogP contribution in [-0.4, -0.2) is 49.3 Å². The molecule has 0 aromatic carbocycles. The van der Waals surface area contributed by atoms with E-state index in [9.17, 15) is 0 Å². The first-order valence-electron chi connectivity index (χ1n) is 18.0. The van der Waals surface area contributed by atoms with E-state index in [0.29, 0.717) is 61.2 Å². The van der Waals surface area contributed by atoms with Crippen LogP contribution in [0.1, 0.15) is 96.3 Å². The fourth-order valence-electron chi connectivity index (χ4n) is 11.7. The van der Waals surface area contributed by atoms with E-state index in [1.807, 2.05) is 0 Å². The Hall–Kier alpha value is 0.623. The SMILES string of the molecule is [CH-]1CCCC2C3NC(NC4NC(NC5NC(NC6NC(N3)C3CCCCC63)C3CCCCC53)C3CCCCC43)C12.[Cu].[O]=[Zn]. The molecule has 5 heterocycles. The van der Waals surface area contributed by atoms with Crippen molar-refractivity contribution >= 4 is 0 Å². The van der Waals surface area contributed by atoms with Crippen LogP contribution in [0.3, 0.4) is 0 Å². The minimum absolute atomic E-state index is 0. The van der Waals surface area contributed by atoms with Crippen LogP contribution >= 0.6 is 0 Å². The molecule has 8 N–H and O–H groups in total. The van der Waals surface area contributed by atoms with Crippen molar-refractivity contribution in [1.82, 2.24) is 42.5 Å². The van der Waals surface area contributed by atoms with E-state index in [1.165, 1.54) is 96.3 Å². The van der Waals surface area contributed by atoms with Gasteiger partial charge < -0.3 is 6.42 Å². The van der Waals surface area contributed by atoms with Gasteiger partial charge in [0.2, 0.25) is 0 Å². The third-order valence-corrected chi connectivity index (χ3v) is 13.6. The van der Waals surface area contributed by atoms with Gasteiger partial charge in [-0.2, -0.15) is 6.42 Å². The van der Waals surface area contributed by atoms with Gasteiger partial charge in [0.15, 0.2) is 0 Å². The van der Waals surface area contributed by atoms with Gasteiger partial charge in [-0.25, -0.2) is 0 Å². The molecule has 5 aliphatic heterocycles. The van der Waals surface area contributed by atoms with E-state index in [1.54, 1.807) is 0 Å². The normalized spacial score (nSPS) is 53.7. The summed E-state index contributed by atoms with van der Waals surface area (Å²) in [4.78, 5) is 0. The van der Waals surface area contributed by atoms with Crippen molar-refractivity contribution in [1.29, 1.82) is 0 Å². The van der Waals surface area contributed by atoms with Gasteiger partial charge >= 0.3 is 21.8 Å². The van der Waals surface area contributed by atoms with E-state index in [-0.39, 0.29) is 35.3 Å². The Morgan fingerprint density at radius 3 is 0.953 bits per heavy atom. The Kier molecular flexibility index (Phi) is 10.5. The Morgan fingerprint density at radius 2 is 0.628 bits per heavy atom. The van der Waals surface area contributed by atoms with Gasteiger partial charge in [-0.3, -0.25) is 42.5 Å². The molecule has 16 atom stereocenters. The number of rotatable bonds is 0. The predicted octanol–water partition coefficient (Wildman–Crippen LogP) is 2.30. The Bertz CT molecular complexity index is 745. The maximum atomic E-state index is 8.38. The van der Waals surface area contributed by atoms with Gasteiger partial charge in [0.05, 0.1) is 43.2 Å². The quantitative estimate of drug-likeness (QED) is 0.143. The molecule has 8 bridgehead atoms. The molecule has 9 rings (SSSR count). The summed E-state index contributed by atoms with van der Waals surface area (Å²) in [5.74, 6) is 5.74. The van der Waals surface area contributed by atoms with Crippen molar-refractivity contribution in [2.24, 2.45) is 47.3 Å². The van der Waals surface area contributed by atoms with Crippen molar-refractivity contribution in [2.45, 2.75) is 146 Å². The monoisotopic (exact) mass is 694 g/mol. The Balaban J connectivity index is 0.000000981. The second-order valence-corrected chi connectivity index (χ2v) is 15.4. The van der Waals surface area contributed by atoms with E-state index < -0.39 is 0 Å². The van der Waals surface area contributed by atoms with Crippen molar-refractivity contribution in [3.05, 3.63) is 6.42 Å². The molecule has 4 saturated carbocycles. The van der Waals surface area contributed by atoms with E-state index in [0.717, 1.165) is 35.5 Å². The molecule has 0 aromatic heterocycles. The zero-order chi connectivity index (χ0) is 28.2. The summed E-state index contributed by atoms with van der Waals surface area (Å²) in [6.07, 6.45) is 26.4. The van der Waals surface area contributed by atoms with Gasteiger partial charge in [0.1, 0.15) is 0 Å². The summed E-state index contributed by atoms with van der Waals surface area (Å²) in [5.41, 5.74) is 0. The van der Waals surface area contributed by atoms with Gasteiger partial charge in [-0.15, -0.1) is 5.92 Å². The van der Waals surface area contributed by atoms with Gasteiger partial charge in [0, 0.05) is 23.2 Å². The fourth-order valence-corrected chi connectivity index (χ4v) is 11.7. The van der Waals surface area contributed by atoms with Gasteiger partial charge in [0.25, 0.3) is 0 Å². The molecule has 16 unspecified atom stereocenters. The molecule has 4 aliphatic carbocycles. The molecule has 243 valence electrons. The summed E-state index contributed by atoms with van der Waals surface area (Å²) in [5, 5.41) is 33.7. The van der Waals surface area contributed by atoms with Crippen molar-refractivity contribution in [3.63, 3.8) is 0 Å². The topological polar surface area (TPSA) is 113 Å². The van der Waals surface area contributed by atoms with E-state index in [2.05, 4.69) is 49.0 Å². The molecule has 9 aliphatic rings. The minimum atomic E-state index is 0. The van der Waals surface area contributed by atoms with Crippen molar-refractivity contribution in [3.8, 4) is 0 Å². The summed E-state index contributed by atoms with van der Waals surface area (Å²) >= 11 is 0.125. The van der Waals surface area contributed by atoms with E-state index in [4.69, 9.17) is 3.57 Å². The average molecular weight is 697 g/mol. The van der Waals surface area contributed by atoms with Crippen LogP contribution in [0.4, 0.5) is 0 Å². The van der Waals surface area contributed by atoms with Crippen LogP contribution in [0.25, 0.3) is 0 Å². The number of fused-ring (bicyclic) bond motifs is 20. The summed E-state index contributed by atoms with van der Waals surface area (Å²) < 4.78 is 8.38. The Morgan fingerprint density at radius 1 is 0.372 bits per heavy atom. The Labute approximate surface area is 279 Å². The number of hydrogen-bond donors (Lipinski definition) is 8. The zero-order valence-electron chi connectivity index (χ0n) is 25.8. The molecule has 0 spiro atoms. The third kappa shape index (κ3) is 5.96. The molecule has 1 radical (unpaired) electrons. The summed E-state index contributed by atoms with van der Waals surface area (Å²) in [6.45, 7) is 0. The summed E-state index contributed by atoms with van der Waals surface area (Å²) in [7, 11) is 0. The maximum absolute atomic E-state index is 8.38. The molecule has 9 nitrogen and oxygen atoms in total. The molecule has 9 fully saturated rings. The molecule has 0 aromatic rings. The van der Waals surface area contributed by atoms with Crippen LogP contribution in [0.15, 0.2) is 0 Å². The van der Waals surface area contributed by atoms with Crippen LogP contribution in [0, 0.1) is 53.8 Å². The van der Waals surface area contributed by atoms with Crippen molar-refractivity contribution < 1.29 is 38.9 Å². The van der Waals surface area contributed by atoms with Crippen LogP contribution in [-0.2, 0) is 38.9 Å². The molecule has 43 heavy (non-hydrogen) atoms. The molecule has 0 amide bonds. The van der Waals surface area contributed by atoms with E-state index >= 15 is 0 Å². The third-order valence-electron chi connectivity index (χ3n) is 13.6. The van der Waals surface area contributed by atoms with Gasteiger partial charge in [-0.05, 0) is 80.0 Å². The first kappa shape index (κ1) is 32.2. The first-order valence-corrected chi connectivity index (χ1v) is 19.2. The number of nitrogens with one attached hydrogen (secondary N) is 8. The van der Waals surface area contributed by atoms with Crippen LogP contribution < -0.4 is 42.5 Å². The van der Waals surface area contributed by atoms with Crippen LogP contribution in [0.2, 0.25) is 0 Å². The zero-order valence-corrected chi connectivity index (χ0v) is 29.7. The van der Waals surface area contributed by atoms with Crippen LogP contribution in [0.5, 0.6) is 0 Å². The standard InChI is InChI=1S/C32H55N8.Cu.O.Zn/c1-2-10-18-17(9-1)25-33-26(18)38-28-21-13-5-6-14-22(21)30(35-28)40-32-24-16-8-7-15-23(24)31(36-32)39-29-20-12-4-3-11-19(20)27(34-29)37-25;;;/h9,17-40H,1-8,10-16H2;;;/q-1;;;. The second-order valence-electron chi connectivity index (χ2n) is 15.4. The second kappa shape index (κ2) is 14.0. The molecular formula is C32H55CuN8OZn-. The summed E-state index contributed by atoms with van der Waals surface area (Å²) in [6, 6.07) is 0. The molecule has 5 saturated heterocycles. The fraction of sp³-hybridized carbons (Fsp3) is 0.969. The number of hydrogen-bond acceptors (Lipinski definition) is 9.